The van der Waals surface area contributed by atoms with E-state index in [4.69, 9.17) is 0 Å². The first-order valence-corrected chi connectivity index (χ1v) is 7.98. The van der Waals surface area contributed by atoms with Gasteiger partial charge in [-0.25, -0.2) is 0 Å². The molecule has 2 N–H and O–H groups in total. The van der Waals surface area contributed by atoms with Gasteiger partial charge in [-0.3, -0.25) is 9.59 Å². The third kappa shape index (κ3) is 4.26. The molecule has 2 aromatic rings. The zero-order chi connectivity index (χ0) is 16.1. The van der Waals surface area contributed by atoms with Crippen molar-refractivity contribution < 1.29 is 14.7 Å². The van der Waals surface area contributed by atoms with Crippen molar-refractivity contribution in [2.45, 2.75) is 32.4 Å². The van der Waals surface area contributed by atoms with Crippen molar-refractivity contribution in [3.63, 3.8) is 0 Å². The molecular formula is C17H19NO3S. The van der Waals surface area contributed by atoms with Gasteiger partial charge in [0.15, 0.2) is 5.78 Å². The number of ketones is 1. The Hall–Kier alpha value is -1.98. The van der Waals surface area contributed by atoms with Crippen molar-refractivity contribution in [2.24, 2.45) is 0 Å². The molecule has 1 aromatic heterocycles. The summed E-state index contributed by atoms with van der Waals surface area (Å²) in [6, 6.07) is 10.8. The van der Waals surface area contributed by atoms with Gasteiger partial charge >= 0.3 is 0 Å². The molecule has 0 aliphatic rings. The number of carbonyl (C=O) groups is 2. The molecule has 116 valence electrons. The predicted octanol–water partition coefficient (Wildman–Crippen LogP) is 3.19. The van der Waals surface area contributed by atoms with E-state index in [0.717, 1.165) is 5.56 Å². The Kier molecular flexibility index (Phi) is 5.46. The number of Topliss-reactive ketones (excluding diaryl/α,β-unsaturated/α-hetero) is 1. The van der Waals surface area contributed by atoms with E-state index in [1.807, 2.05) is 37.3 Å². The topological polar surface area (TPSA) is 66.4 Å². The number of thiophene rings is 1. The molecule has 22 heavy (non-hydrogen) atoms. The third-order valence-corrected chi connectivity index (χ3v) is 4.30. The van der Waals surface area contributed by atoms with Crippen molar-refractivity contribution >= 4 is 23.0 Å². The Bertz CT molecular complexity index is 651. The van der Waals surface area contributed by atoms with Crippen LogP contribution in [0.1, 0.15) is 52.0 Å². The molecule has 0 aliphatic carbocycles. The SMILES string of the molecule is CC(=O)c1csc(C(=O)NC(C)CC(O)c2ccccc2)c1. The molecule has 2 rings (SSSR count). The van der Waals surface area contributed by atoms with E-state index in [1.165, 1.54) is 18.3 Å². The van der Waals surface area contributed by atoms with Gasteiger partial charge in [-0.15, -0.1) is 11.3 Å². The first-order chi connectivity index (χ1) is 10.5. The molecule has 0 spiro atoms. The highest BCUT2D eigenvalue weighted by molar-refractivity contribution is 7.12. The van der Waals surface area contributed by atoms with Crippen LogP contribution in [0, 0.1) is 0 Å². The van der Waals surface area contributed by atoms with E-state index in [9.17, 15) is 14.7 Å². The first kappa shape index (κ1) is 16.4. The average molecular weight is 317 g/mol. The van der Waals surface area contributed by atoms with Crippen molar-refractivity contribution in [2.75, 3.05) is 0 Å². The Morgan fingerprint density at radius 3 is 2.55 bits per heavy atom. The van der Waals surface area contributed by atoms with Crippen molar-refractivity contribution in [1.29, 1.82) is 0 Å². The van der Waals surface area contributed by atoms with E-state index in [2.05, 4.69) is 5.32 Å². The molecule has 2 atom stereocenters. The maximum absolute atomic E-state index is 12.1. The monoisotopic (exact) mass is 317 g/mol. The fraction of sp³-hybridized carbons (Fsp3) is 0.294. The van der Waals surface area contributed by atoms with Gasteiger partial charge in [0.1, 0.15) is 0 Å². The van der Waals surface area contributed by atoms with Crippen molar-refractivity contribution in [1.82, 2.24) is 5.32 Å². The van der Waals surface area contributed by atoms with E-state index in [0.29, 0.717) is 16.9 Å². The molecule has 0 saturated heterocycles. The number of hydrogen-bond donors (Lipinski definition) is 2. The minimum absolute atomic E-state index is 0.0529. The standard InChI is InChI=1S/C17H19NO3S/c1-11(8-15(20)13-6-4-3-5-7-13)18-17(21)16-9-14(10-22-16)12(2)19/h3-7,9-11,15,20H,8H2,1-2H3,(H,18,21). The summed E-state index contributed by atoms with van der Waals surface area (Å²) < 4.78 is 0. The van der Waals surface area contributed by atoms with Crippen LogP contribution in [-0.4, -0.2) is 22.8 Å². The Labute approximate surface area is 133 Å². The highest BCUT2D eigenvalue weighted by Gasteiger charge is 2.17. The van der Waals surface area contributed by atoms with Gasteiger partial charge in [0, 0.05) is 17.0 Å². The fourth-order valence-electron chi connectivity index (χ4n) is 2.14. The lowest BCUT2D eigenvalue weighted by Crippen LogP contribution is -2.33. The van der Waals surface area contributed by atoms with Crippen LogP contribution >= 0.6 is 11.3 Å². The second kappa shape index (κ2) is 7.33. The number of rotatable bonds is 6. The second-order valence-electron chi connectivity index (χ2n) is 5.29. The molecule has 1 aromatic carbocycles. The Morgan fingerprint density at radius 2 is 1.95 bits per heavy atom. The molecule has 1 amide bonds. The number of benzene rings is 1. The van der Waals surface area contributed by atoms with Crippen LogP contribution in [0.2, 0.25) is 0 Å². The predicted molar refractivity (Wildman–Crippen MR) is 87.3 cm³/mol. The highest BCUT2D eigenvalue weighted by Crippen LogP contribution is 2.19. The maximum atomic E-state index is 12.1. The molecule has 0 bridgehead atoms. The smallest absolute Gasteiger partial charge is 0.261 e. The number of hydrogen-bond acceptors (Lipinski definition) is 4. The van der Waals surface area contributed by atoms with Crippen molar-refractivity contribution in [3.8, 4) is 0 Å². The molecule has 4 nitrogen and oxygen atoms in total. The minimum Gasteiger partial charge on any atom is -0.388 e. The van der Waals surface area contributed by atoms with E-state index in [-0.39, 0.29) is 17.7 Å². The number of aliphatic hydroxyl groups is 1. The minimum atomic E-state index is -0.618. The molecule has 0 saturated carbocycles. The van der Waals surface area contributed by atoms with Gasteiger partial charge in [0.2, 0.25) is 0 Å². The summed E-state index contributed by atoms with van der Waals surface area (Å²) in [7, 11) is 0. The molecule has 0 aliphatic heterocycles. The van der Waals surface area contributed by atoms with Crippen LogP contribution in [0.4, 0.5) is 0 Å². The number of carbonyl (C=O) groups excluding carboxylic acids is 2. The van der Waals surface area contributed by atoms with Crippen LogP contribution in [0.15, 0.2) is 41.8 Å². The zero-order valence-corrected chi connectivity index (χ0v) is 13.4. The third-order valence-electron chi connectivity index (χ3n) is 3.37. The summed E-state index contributed by atoms with van der Waals surface area (Å²) in [5.74, 6) is -0.270. The Morgan fingerprint density at radius 1 is 1.27 bits per heavy atom. The van der Waals surface area contributed by atoms with Crippen LogP contribution in [0.3, 0.4) is 0 Å². The zero-order valence-electron chi connectivity index (χ0n) is 12.6. The van der Waals surface area contributed by atoms with Gasteiger partial charge in [-0.2, -0.15) is 0 Å². The largest absolute Gasteiger partial charge is 0.388 e. The highest BCUT2D eigenvalue weighted by atomic mass is 32.1. The van der Waals surface area contributed by atoms with Crippen LogP contribution < -0.4 is 5.32 Å². The maximum Gasteiger partial charge on any atom is 0.261 e. The van der Waals surface area contributed by atoms with Crippen LogP contribution in [-0.2, 0) is 0 Å². The molecule has 1 heterocycles. The van der Waals surface area contributed by atoms with Crippen LogP contribution in [0.25, 0.3) is 0 Å². The Balaban J connectivity index is 1.92. The van der Waals surface area contributed by atoms with Gasteiger partial charge in [0.05, 0.1) is 11.0 Å². The van der Waals surface area contributed by atoms with E-state index >= 15 is 0 Å². The molecule has 5 heteroatoms. The number of nitrogens with one attached hydrogen (secondary N) is 1. The van der Waals surface area contributed by atoms with Gasteiger partial charge in [0.25, 0.3) is 5.91 Å². The van der Waals surface area contributed by atoms with Gasteiger partial charge in [-0.05, 0) is 31.9 Å². The normalized spacial score (nSPS) is 13.4. The lowest BCUT2D eigenvalue weighted by molar-refractivity contribution is 0.0921. The summed E-state index contributed by atoms with van der Waals surface area (Å²) in [4.78, 5) is 23.9. The quantitative estimate of drug-likeness (QED) is 0.804. The molecular weight excluding hydrogens is 298 g/mol. The van der Waals surface area contributed by atoms with Gasteiger partial charge < -0.3 is 10.4 Å². The summed E-state index contributed by atoms with van der Waals surface area (Å²) >= 11 is 1.25. The van der Waals surface area contributed by atoms with E-state index < -0.39 is 6.10 Å². The second-order valence-corrected chi connectivity index (χ2v) is 6.20. The average Bonchev–Trinajstić information content (AvgIpc) is 2.98. The fourth-order valence-corrected chi connectivity index (χ4v) is 2.99. The first-order valence-electron chi connectivity index (χ1n) is 7.10. The van der Waals surface area contributed by atoms with Crippen LogP contribution in [0.5, 0.6) is 0 Å². The molecule has 0 radical (unpaired) electrons. The summed E-state index contributed by atoms with van der Waals surface area (Å²) in [6.07, 6.45) is -0.187. The summed E-state index contributed by atoms with van der Waals surface area (Å²) in [5.41, 5.74) is 1.38. The lowest BCUT2D eigenvalue weighted by atomic mass is 10.0. The van der Waals surface area contributed by atoms with Gasteiger partial charge in [-0.1, -0.05) is 30.3 Å². The molecule has 0 fully saturated rings. The summed E-state index contributed by atoms with van der Waals surface area (Å²) in [6.45, 7) is 3.33. The van der Waals surface area contributed by atoms with E-state index in [1.54, 1.807) is 11.4 Å². The number of amides is 1. The van der Waals surface area contributed by atoms with Crippen molar-refractivity contribution in [3.05, 3.63) is 57.8 Å². The molecule has 2 unspecified atom stereocenters. The number of aliphatic hydroxyl groups excluding tert-OH is 1. The lowest BCUT2D eigenvalue weighted by Gasteiger charge is -2.17. The summed E-state index contributed by atoms with van der Waals surface area (Å²) in [5, 5.41) is 14.7.